The molecule has 0 fully saturated rings. The van der Waals surface area contributed by atoms with Crippen molar-refractivity contribution in [2.45, 2.75) is 44.9 Å². The highest BCUT2D eigenvalue weighted by atomic mass is 32.2. The molecule has 6 nitrogen and oxygen atoms in total. The number of nitrogens with one attached hydrogen (secondary N) is 1. The van der Waals surface area contributed by atoms with E-state index in [2.05, 4.69) is 15.5 Å². The SMILES string of the molecule is Cc1sc2nc(C(C)C)n3c(SCC(=O)Nc4ccccc4C(F)(F)F)nnc3c2c1C. The summed E-state index contributed by atoms with van der Waals surface area (Å²) >= 11 is 2.71. The number of thiophene rings is 1. The highest BCUT2D eigenvalue weighted by molar-refractivity contribution is 7.99. The van der Waals surface area contributed by atoms with Crippen molar-refractivity contribution < 1.29 is 18.0 Å². The van der Waals surface area contributed by atoms with E-state index in [1.807, 2.05) is 32.1 Å². The van der Waals surface area contributed by atoms with Gasteiger partial charge in [-0.2, -0.15) is 13.2 Å². The highest BCUT2D eigenvalue weighted by Crippen LogP contribution is 2.36. The van der Waals surface area contributed by atoms with E-state index in [0.29, 0.717) is 10.8 Å². The van der Waals surface area contributed by atoms with E-state index in [-0.39, 0.29) is 17.4 Å². The molecule has 0 saturated heterocycles. The predicted molar refractivity (Wildman–Crippen MR) is 121 cm³/mol. The Morgan fingerprint density at radius 1 is 1.22 bits per heavy atom. The number of aromatic nitrogens is 4. The summed E-state index contributed by atoms with van der Waals surface area (Å²) in [5.41, 5.74) is 0.602. The molecule has 0 spiro atoms. The maximum absolute atomic E-state index is 13.2. The topological polar surface area (TPSA) is 72.2 Å². The summed E-state index contributed by atoms with van der Waals surface area (Å²) in [4.78, 5) is 19.3. The van der Waals surface area contributed by atoms with Gasteiger partial charge < -0.3 is 5.32 Å². The molecule has 0 bridgehead atoms. The van der Waals surface area contributed by atoms with E-state index in [1.165, 1.54) is 18.2 Å². The molecule has 4 aromatic rings. The number of aryl methyl sites for hydroxylation is 2. The Morgan fingerprint density at radius 3 is 2.62 bits per heavy atom. The van der Waals surface area contributed by atoms with Gasteiger partial charge in [-0.05, 0) is 31.5 Å². The monoisotopic (exact) mass is 479 g/mol. The summed E-state index contributed by atoms with van der Waals surface area (Å²) in [5.74, 6) is 0.159. The van der Waals surface area contributed by atoms with E-state index < -0.39 is 17.6 Å². The Morgan fingerprint density at radius 2 is 1.94 bits per heavy atom. The van der Waals surface area contributed by atoms with Crippen LogP contribution in [0.15, 0.2) is 29.4 Å². The van der Waals surface area contributed by atoms with Crippen molar-refractivity contribution in [2.24, 2.45) is 0 Å². The van der Waals surface area contributed by atoms with Gasteiger partial charge in [0.1, 0.15) is 10.7 Å². The maximum atomic E-state index is 13.2. The van der Waals surface area contributed by atoms with E-state index in [4.69, 9.17) is 4.98 Å². The number of hydrogen-bond donors (Lipinski definition) is 1. The van der Waals surface area contributed by atoms with Gasteiger partial charge >= 0.3 is 6.18 Å². The lowest BCUT2D eigenvalue weighted by Gasteiger charge is -2.13. The van der Waals surface area contributed by atoms with Crippen LogP contribution >= 0.6 is 23.1 Å². The molecule has 32 heavy (non-hydrogen) atoms. The van der Waals surface area contributed by atoms with Crippen molar-refractivity contribution >= 4 is 50.6 Å². The van der Waals surface area contributed by atoms with Gasteiger partial charge in [0.15, 0.2) is 10.8 Å². The number of anilines is 1. The first-order valence-corrected chi connectivity index (χ1v) is 11.6. The molecule has 0 aliphatic rings. The number of alkyl halides is 3. The molecule has 0 aliphatic carbocycles. The third-order valence-corrected chi connectivity index (χ3v) is 7.05. The number of nitrogens with zero attached hydrogens (tertiary/aromatic N) is 4. The lowest BCUT2D eigenvalue weighted by Crippen LogP contribution is -2.18. The fraction of sp³-hybridized carbons (Fsp3) is 0.333. The van der Waals surface area contributed by atoms with E-state index >= 15 is 0 Å². The summed E-state index contributed by atoms with van der Waals surface area (Å²) < 4.78 is 41.4. The zero-order valence-corrected chi connectivity index (χ0v) is 19.4. The minimum Gasteiger partial charge on any atom is -0.325 e. The summed E-state index contributed by atoms with van der Waals surface area (Å²) in [6.45, 7) is 8.06. The predicted octanol–water partition coefficient (Wildman–Crippen LogP) is 5.83. The quantitative estimate of drug-likeness (QED) is 0.365. The van der Waals surface area contributed by atoms with Crippen molar-refractivity contribution in [1.82, 2.24) is 19.6 Å². The van der Waals surface area contributed by atoms with Crippen LogP contribution in [0.2, 0.25) is 0 Å². The van der Waals surface area contributed by atoms with Gasteiger partial charge in [0.25, 0.3) is 0 Å². The minimum atomic E-state index is -4.56. The average Bonchev–Trinajstić information content (AvgIpc) is 3.26. The Kier molecular flexibility index (Phi) is 5.89. The molecule has 0 unspecified atom stereocenters. The first-order valence-electron chi connectivity index (χ1n) is 9.81. The Labute approximate surface area is 190 Å². The maximum Gasteiger partial charge on any atom is 0.418 e. The second kappa shape index (κ2) is 8.36. The molecule has 0 radical (unpaired) electrons. The average molecular weight is 480 g/mol. The standard InChI is InChI=1S/C21H20F3N5OS2/c1-10(2)17-26-19-16(11(3)12(4)32-19)18-27-28-20(29(17)18)31-9-15(30)25-14-8-6-5-7-13(14)21(22,23)24/h5-8,10H,9H2,1-4H3,(H,25,30). The van der Waals surface area contributed by atoms with Crippen LogP contribution in [0.5, 0.6) is 0 Å². The van der Waals surface area contributed by atoms with Crippen LogP contribution in [-0.2, 0) is 11.0 Å². The molecule has 0 saturated carbocycles. The second-order valence-corrected chi connectivity index (χ2v) is 9.76. The summed E-state index contributed by atoms with van der Waals surface area (Å²) in [6, 6.07) is 4.90. The van der Waals surface area contributed by atoms with E-state index in [9.17, 15) is 18.0 Å². The van der Waals surface area contributed by atoms with Gasteiger partial charge in [0.05, 0.1) is 22.4 Å². The molecule has 3 aromatic heterocycles. The number of halogens is 3. The van der Waals surface area contributed by atoms with Crippen LogP contribution in [-0.4, -0.2) is 31.2 Å². The van der Waals surface area contributed by atoms with Crippen LogP contribution in [0.25, 0.3) is 15.9 Å². The van der Waals surface area contributed by atoms with Gasteiger partial charge in [-0.15, -0.1) is 21.5 Å². The summed E-state index contributed by atoms with van der Waals surface area (Å²) in [7, 11) is 0. The largest absolute Gasteiger partial charge is 0.418 e. The van der Waals surface area contributed by atoms with Crippen molar-refractivity contribution in [1.29, 1.82) is 0 Å². The second-order valence-electron chi connectivity index (χ2n) is 7.61. The molecule has 1 aromatic carbocycles. The third-order valence-electron chi connectivity index (χ3n) is 5.02. The number of benzene rings is 1. The Bertz CT molecular complexity index is 1330. The number of amides is 1. The highest BCUT2D eigenvalue weighted by Gasteiger charge is 2.33. The Hall–Kier alpha value is -2.66. The number of para-hydroxylation sites is 1. The molecule has 4 rings (SSSR count). The normalized spacial score (nSPS) is 12.2. The zero-order chi connectivity index (χ0) is 23.2. The van der Waals surface area contributed by atoms with E-state index in [0.717, 1.165) is 44.3 Å². The molecule has 1 N–H and O–H groups in total. The smallest absolute Gasteiger partial charge is 0.325 e. The molecule has 11 heteroatoms. The first-order chi connectivity index (χ1) is 15.1. The van der Waals surface area contributed by atoms with Crippen molar-refractivity contribution in [3.63, 3.8) is 0 Å². The van der Waals surface area contributed by atoms with Gasteiger partial charge in [-0.25, -0.2) is 4.98 Å². The van der Waals surface area contributed by atoms with Gasteiger partial charge in [-0.3, -0.25) is 9.20 Å². The van der Waals surface area contributed by atoms with E-state index in [1.54, 1.807) is 11.3 Å². The summed E-state index contributed by atoms with van der Waals surface area (Å²) in [6.07, 6.45) is -4.56. The Balaban J connectivity index is 1.63. The first kappa shape index (κ1) is 22.5. The van der Waals surface area contributed by atoms with Gasteiger partial charge in [0.2, 0.25) is 5.91 Å². The third kappa shape index (κ3) is 4.06. The molecule has 168 valence electrons. The molecule has 3 heterocycles. The van der Waals surface area contributed by atoms with Crippen LogP contribution in [0.3, 0.4) is 0 Å². The van der Waals surface area contributed by atoms with Gasteiger partial charge in [0, 0.05) is 10.8 Å². The lowest BCUT2D eigenvalue weighted by molar-refractivity contribution is -0.137. The minimum absolute atomic E-state index is 0.0763. The van der Waals surface area contributed by atoms with Crippen LogP contribution in [0.1, 0.15) is 41.6 Å². The fourth-order valence-electron chi connectivity index (χ4n) is 3.38. The fourth-order valence-corrected chi connectivity index (χ4v) is 5.15. The number of rotatable bonds is 5. The lowest BCUT2D eigenvalue weighted by atomic mass is 10.1. The van der Waals surface area contributed by atoms with Crippen molar-refractivity contribution in [3.05, 3.63) is 46.1 Å². The van der Waals surface area contributed by atoms with Crippen LogP contribution in [0.4, 0.5) is 18.9 Å². The van der Waals surface area contributed by atoms with Crippen LogP contribution in [0, 0.1) is 13.8 Å². The zero-order valence-electron chi connectivity index (χ0n) is 17.7. The number of fused-ring (bicyclic) bond motifs is 3. The number of hydrogen-bond acceptors (Lipinski definition) is 6. The number of carbonyl (C=O) groups is 1. The molecular weight excluding hydrogens is 459 g/mol. The van der Waals surface area contributed by atoms with Crippen molar-refractivity contribution in [2.75, 3.05) is 11.1 Å². The van der Waals surface area contributed by atoms with Crippen molar-refractivity contribution in [3.8, 4) is 0 Å². The number of carbonyl (C=O) groups excluding carboxylic acids is 1. The van der Waals surface area contributed by atoms with Gasteiger partial charge in [-0.1, -0.05) is 37.7 Å². The van der Waals surface area contributed by atoms with Crippen LogP contribution < -0.4 is 5.32 Å². The molecular formula is C21H20F3N5OS2. The molecule has 1 amide bonds. The molecule has 0 aliphatic heterocycles. The molecule has 0 atom stereocenters. The summed E-state index contributed by atoms with van der Waals surface area (Å²) in [5, 5.41) is 12.4. The number of thioether (sulfide) groups is 1.